The minimum atomic E-state index is -4.72. The number of ether oxygens (including phenoxy) is 1. The highest BCUT2D eigenvalue weighted by molar-refractivity contribution is 6.06. The van der Waals surface area contributed by atoms with E-state index in [4.69, 9.17) is 4.74 Å². The number of nitrogens with zero attached hydrogens (tertiary/aromatic N) is 3. The first-order valence-electron chi connectivity index (χ1n) is 9.46. The van der Waals surface area contributed by atoms with E-state index in [1.54, 1.807) is 31.7 Å². The van der Waals surface area contributed by atoms with E-state index in [1.807, 2.05) is 0 Å². The summed E-state index contributed by atoms with van der Waals surface area (Å²) in [5.41, 5.74) is -1.61. The smallest absolute Gasteiger partial charge is 0.433 e. The number of benzene rings is 1. The lowest BCUT2D eigenvalue weighted by Gasteiger charge is -2.34. The van der Waals surface area contributed by atoms with Crippen molar-refractivity contribution in [2.45, 2.75) is 40.4 Å². The normalized spacial score (nSPS) is 14.2. The molecule has 162 valence electrons. The van der Waals surface area contributed by atoms with Gasteiger partial charge in [-0.3, -0.25) is 14.3 Å². The first-order chi connectivity index (χ1) is 13.9. The molecule has 1 aromatic heterocycles. The van der Waals surface area contributed by atoms with Crippen LogP contribution in [-0.2, 0) is 17.5 Å². The molecule has 0 atom stereocenters. The molecule has 1 aromatic carbocycles. The maximum Gasteiger partial charge on any atom is 0.433 e. The van der Waals surface area contributed by atoms with E-state index in [1.165, 1.54) is 19.1 Å². The van der Waals surface area contributed by atoms with E-state index < -0.39 is 28.8 Å². The van der Waals surface area contributed by atoms with E-state index in [2.05, 4.69) is 10.4 Å². The highest BCUT2D eigenvalue weighted by Crippen LogP contribution is 2.37. The summed E-state index contributed by atoms with van der Waals surface area (Å²) < 4.78 is 46.5. The third-order valence-electron chi connectivity index (χ3n) is 4.62. The summed E-state index contributed by atoms with van der Waals surface area (Å²) in [5.74, 6) is -0.599. The van der Waals surface area contributed by atoms with E-state index in [0.29, 0.717) is 24.6 Å². The predicted molar refractivity (Wildman–Crippen MR) is 105 cm³/mol. The Hall–Kier alpha value is -3.04. The number of nitrogens with one attached hydrogen (secondary N) is 1. The summed E-state index contributed by atoms with van der Waals surface area (Å²) in [6.45, 7) is 7.52. The van der Waals surface area contributed by atoms with Crippen molar-refractivity contribution in [1.29, 1.82) is 0 Å². The van der Waals surface area contributed by atoms with E-state index >= 15 is 0 Å². The number of hydrogen-bond acceptors (Lipinski definition) is 4. The quantitative estimate of drug-likeness (QED) is 0.810. The van der Waals surface area contributed by atoms with Crippen molar-refractivity contribution in [3.63, 3.8) is 0 Å². The van der Waals surface area contributed by atoms with E-state index in [9.17, 15) is 22.8 Å². The van der Waals surface area contributed by atoms with Crippen LogP contribution in [0.5, 0.6) is 5.75 Å². The second-order valence-corrected chi connectivity index (χ2v) is 7.91. The zero-order chi connectivity index (χ0) is 22.3. The number of aryl methyl sites for hydroxylation is 1. The molecule has 1 N–H and O–H groups in total. The Labute approximate surface area is 171 Å². The van der Waals surface area contributed by atoms with Crippen molar-refractivity contribution >= 4 is 23.2 Å². The number of rotatable bonds is 3. The van der Waals surface area contributed by atoms with Gasteiger partial charge in [0.1, 0.15) is 12.4 Å². The molecule has 30 heavy (non-hydrogen) atoms. The lowest BCUT2D eigenvalue weighted by molar-refractivity contribution is -0.144. The van der Waals surface area contributed by atoms with Crippen LogP contribution < -0.4 is 15.0 Å². The zero-order valence-electron chi connectivity index (χ0n) is 17.1. The Morgan fingerprint density at radius 2 is 1.93 bits per heavy atom. The van der Waals surface area contributed by atoms with Crippen LogP contribution in [0.3, 0.4) is 0 Å². The largest absolute Gasteiger partial charge is 0.490 e. The topological polar surface area (TPSA) is 76.5 Å². The average Bonchev–Trinajstić information content (AvgIpc) is 3.11. The Morgan fingerprint density at radius 1 is 1.23 bits per heavy atom. The summed E-state index contributed by atoms with van der Waals surface area (Å²) in [6.07, 6.45) is -3.82. The Balaban J connectivity index is 1.92. The van der Waals surface area contributed by atoms with Gasteiger partial charge in [-0.15, -0.1) is 0 Å². The summed E-state index contributed by atoms with van der Waals surface area (Å²) in [4.78, 5) is 26.9. The highest BCUT2D eigenvalue weighted by Gasteiger charge is 2.40. The van der Waals surface area contributed by atoms with Gasteiger partial charge in [-0.25, -0.2) is 0 Å². The van der Waals surface area contributed by atoms with Gasteiger partial charge in [-0.2, -0.15) is 18.3 Å². The van der Waals surface area contributed by atoms with Gasteiger partial charge in [0, 0.05) is 17.6 Å². The molecule has 0 fully saturated rings. The SMILES string of the molecule is CCn1ncc(C(=O)Nc2ccc3c(c2)N(C(=O)C(C)(C)C)CCO3)c1C(F)(F)F. The van der Waals surface area contributed by atoms with E-state index in [-0.39, 0.29) is 18.1 Å². The van der Waals surface area contributed by atoms with Gasteiger partial charge in [0.25, 0.3) is 5.91 Å². The molecule has 2 amide bonds. The third kappa shape index (κ3) is 4.12. The van der Waals surface area contributed by atoms with Crippen molar-refractivity contribution in [2.75, 3.05) is 23.4 Å². The standard InChI is InChI=1S/C20H23F3N4O3/c1-5-27-16(20(21,22)23)13(11-24-27)17(28)25-12-6-7-15-14(10-12)26(8-9-30-15)18(29)19(2,3)4/h6-7,10-11H,5,8-9H2,1-4H3,(H,25,28). The minimum absolute atomic E-state index is 0.0256. The fraction of sp³-hybridized carbons (Fsp3) is 0.450. The van der Waals surface area contributed by atoms with Crippen molar-refractivity contribution < 1.29 is 27.5 Å². The Kier molecular flexibility index (Phi) is 5.53. The van der Waals surface area contributed by atoms with E-state index in [0.717, 1.165) is 10.9 Å². The number of hydrogen-bond donors (Lipinski definition) is 1. The van der Waals surface area contributed by atoms with Crippen LogP contribution in [0.15, 0.2) is 24.4 Å². The monoisotopic (exact) mass is 424 g/mol. The molecule has 0 unspecified atom stereocenters. The van der Waals surface area contributed by atoms with Gasteiger partial charge >= 0.3 is 6.18 Å². The van der Waals surface area contributed by atoms with Crippen molar-refractivity contribution in [2.24, 2.45) is 5.41 Å². The zero-order valence-corrected chi connectivity index (χ0v) is 17.1. The van der Waals surface area contributed by atoms with Gasteiger partial charge in [0.2, 0.25) is 5.91 Å². The van der Waals surface area contributed by atoms with Crippen LogP contribution in [0, 0.1) is 5.41 Å². The number of aromatic nitrogens is 2. The predicted octanol–water partition coefficient (Wildman–Crippen LogP) is 3.95. The second kappa shape index (κ2) is 7.66. The Morgan fingerprint density at radius 3 is 2.53 bits per heavy atom. The molecule has 7 nitrogen and oxygen atoms in total. The van der Waals surface area contributed by atoms with Crippen LogP contribution in [0.25, 0.3) is 0 Å². The lowest BCUT2D eigenvalue weighted by atomic mass is 9.94. The minimum Gasteiger partial charge on any atom is -0.490 e. The molecule has 0 spiro atoms. The molecule has 0 saturated carbocycles. The molecular formula is C20H23F3N4O3. The maximum absolute atomic E-state index is 13.4. The van der Waals surface area contributed by atoms with Crippen LogP contribution >= 0.6 is 0 Å². The molecular weight excluding hydrogens is 401 g/mol. The summed E-state index contributed by atoms with van der Waals surface area (Å²) in [5, 5.41) is 6.13. The molecule has 10 heteroatoms. The van der Waals surface area contributed by atoms with Crippen LogP contribution in [0.1, 0.15) is 43.7 Å². The molecule has 2 aromatic rings. The molecule has 0 aliphatic carbocycles. The second-order valence-electron chi connectivity index (χ2n) is 7.91. The third-order valence-corrected chi connectivity index (χ3v) is 4.62. The summed E-state index contributed by atoms with van der Waals surface area (Å²) in [6, 6.07) is 4.61. The van der Waals surface area contributed by atoms with Crippen molar-refractivity contribution in [3.05, 3.63) is 35.7 Å². The number of anilines is 2. The molecule has 0 radical (unpaired) electrons. The number of carbonyl (C=O) groups excluding carboxylic acids is 2. The number of carbonyl (C=O) groups is 2. The van der Waals surface area contributed by atoms with Crippen molar-refractivity contribution in [3.8, 4) is 5.75 Å². The van der Waals surface area contributed by atoms with Crippen molar-refractivity contribution in [1.82, 2.24) is 9.78 Å². The molecule has 0 saturated heterocycles. The fourth-order valence-corrected chi connectivity index (χ4v) is 3.20. The Bertz CT molecular complexity index is 977. The highest BCUT2D eigenvalue weighted by atomic mass is 19.4. The van der Waals surface area contributed by atoms with Gasteiger partial charge in [-0.1, -0.05) is 20.8 Å². The molecule has 2 heterocycles. The number of alkyl halides is 3. The van der Waals surface area contributed by atoms with Gasteiger partial charge in [-0.05, 0) is 25.1 Å². The van der Waals surface area contributed by atoms with Gasteiger partial charge in [0.05, 0.1) is 24.0 Å². The average molecular weight is 424 g/mol. The number of fused-ring (bicyclic) bond motifs is 1. The number of halogens is 3. The molecule has 1 aliphatic heterocycles. The number of amides is 2. The maximum atomic E-state index is 13.4. The van der Waals surface area contributed by atoms with Crippen LogP contribution in [0.2, 0.25) is 0 Å². The fourth-order valence-electron chi connectivity index (χ4n) is 3.20. The lowest BCUT2D eigenvalue weighted by Crippen LogP contribution is -2.44. The van der Waals surface area contributed by atoms with Gasteiger partial charge < -0.3 is 15.0 Å². The summed E-state index contributed by atoms with van der Waals surface area (Å²) in [7, 11) is 0. The molecule has 0 bridgehead atoms. The first kappa shape index (κ1) is 21.7. The summed E-state index contributed by atoms with van der Waals surface area (Å²) >= 11 is 0. The van der Waals surface area contributed by atoms with Gasteiger partial charge in [0.15, 0.2) is 5.69 Å². The van der Waals surface area contributed by atoms with Crippen LogP contribution in [-0.4, -0.2) is 34.7 Å². The molecule has 1 aliphatic rings. The first-order valence-corrected chi connectivity index (χ1v) is 9.46. The molecule has 3 rings (SSSR count). The van der Waals surface area contributed by atoms with Crippen LogP contribution in [0.4, 0.5) is 24.5 Å².